The lowest BCUT2D eigenvalue weighted by molar-refractivity contribution is -0.143. The molecule has 0 fully saturated rings. The van der Waals surface area contributed by atoms with Gasteiger partial charge in [-0.1, -0.05) is 30.3 Å². The summed E-state index contributed by atoms with van der Waals surface area (Å²) in [7, 11) is 0. The number of hydrogen-bond acceptors (Lipinski definition) is 7. The van der Waals surface area contributed by atoms with E-state index in [9.17, 15) is 24.3 Å². The maximum atomic E-state index is 12.9. The van der Waals surface area contributed by atoms with Crippen LogP contribution in [-0.2, 0) is 40.3 Å². The first kappa shape index (κ1) is 21.5. The van der Waals surface area contributed by atoms with Gasteiger partial charge in [0.25, 0.3) is 5.56 Å². The molecule has 9 nitrogen and oxygen atoms in total. The summed E-state index contributed by atoms with van der Waals surface area (Å²) in [5, 5.41) is 18.1. The predicted molar refractivity (Wildman–Crippen MR) is 110 cm³/mol. The number of carboxylic acid groups (broad SMARTS) is 1. The zero-order chi connectivity index (χ0) is 21.7. The second-order valence-corrected chi connectivity index (χ2v) is 7.62. The van der Waals surface area contributed by atoms with Crippen LogP contribution in [0.4, 0.5) is 0 Å². The number of carbonyl (C=O) groups is 2. The fourth-order valence-electron chi connectivity index (χ4n) is 3.05. The van der Waals surface area contributed by atoms with Crippen molar-refractivity contribution in [2.75, 3.05) is 13.2 Å². The van der Waals surface area contributed by atoms with Crippen molar-refractivity contribution in [2.45, 2.75) is 25.9 Å². The van der Waals surface area contributed by atoms with Crippen molar-refractivity contribution in [1.29, 1.82) is 0 Å². The Hall–Kier alpha value is -3.24. The molecule has 0 saturated heterocycles. The Morgan fingerprint density at radius 3 is 2.50 bits per heavy atom. The molecule has 10 heteroatoms. The Kier molecular flexibility index (Phi) is 6.80. The van der Waals surface area contributed by atoms with Crippen LogP contribution in [0.1, 0.15) is 10.4 Å². The Balaban J connectivity index is 2.02. The highest BCUT2D eigenvalue weighted by atomic mass is 32.1. The van der Waals surface area contributed by atoms with Gasteiger partial charge in [-0.05, 0) is 18.1 Å². The second-order valence-electron chi connectivity index (χ2n) is 6.51. The normalized spacial score (nSPS) is 11.0. The number of aliphatic hydroxyl groups excluding tert-OH is 1. The highest BCUT2D eigenvalue weighted by molar-refractivity contribution is 7.18. The lowest BCUT2D eigenvalue weighted by Gasteiger charge is -2.10. The highest BCUT2D eigenvalue weighted by Gasteiger charge is 2.19. The molecule has 2 aromatic heterocycles. The third-order valence-corrected chi connectivity index (χ3v) is 5.54. The molecule has 0 atom stereocenters. The summed E-state index contributed by atoms with van der Waals surface area (Å²) in [6, 6.07) is 10.8. The van der Waals surface area contributed by atoms with Gasteiger partial charge in [0.15, 0.2) is 0 Å². The number of thiophene rings is 1. The van der Waals surface area contributed by atoms with Crippen molar-refractivity contribution < 1.29 is 24.5 Å². The maximum Gasteiger partial charge on any atom is 0.332 e. The molecule has 3 rings (SSSR count). The number of rotatable bonds is 9. The number of fused-ring (bicyclic) bond motifs is 1. The number of aliphatic hydroxyl groups is 1. The van der Waals surface area contributed by atoms with E-state index in [1.165, 1.54) is 6.07 Å². The second kappa shape index (κ2) is 9.51. The largest absolute Gasteiger partial charge is 0.480 e. The van der Waals surface area contributed by atoms with E-state index < -0.39 is 29.7 Å². The fourth-order valence-corrected chi connectivity index (χ4v) is 4.17. The first-order valence-corrected chi connectivity index (χ1v) is 10.0. The molecule has 0 amide bonds. The van der Waals surface area contributed by atoms with Crippen molar-refractivity contribution in [3.8, 4) is 0 Å². The quantitative estimate of drug-likeness (QED) is 0.475. The summed E-state index contributed by atoms with van der Waals surface area (Å²) >= 11 is 1.00. The molecule has 0 bridgehead atoms. The van der Waals surface area contributed by atoms with E-state index in [2.05, 4.69) is 0 Å². The lowest BCUT2D eigenvalue weighted by atomic mass is 10.1. The number of hydrogen-bond donors (Lipinski definition) is 2. The first-order chi connectivity index (χ1) is 14.4. The van der Waals surface area contributed by atoms with Crippen LogP contribution >= 0.6 is 11.3 Å². The molecule has 0 unspecified atom stereocenters. The molecule has 158 valence electrons. The topological polar surface area (TPSA) is 128 Å². The molecule has 0 aliphatic heterocycles. The van der Waals surface area contributed by atoms with Crippen LogP contribution in [-0.4, -0.2) is 44.5 Å². The SMILES string of the molecule is O=C(O)Cn1c(=O)n(CCc2ccccc2)c(=O)c2cc(CC(=O)OCCO)sc21. The molecular weight excluding hydrogens is 412 g/mol. The van der Waals surface area contributed by atoms with Crippen molar-refractivity contribution in [3.63, 3.8) is 0 Å². The Morgan fingerprint density at radius 1 is 1.10 bits per heavy atom. The molecule has 0 aliphatic rings. The van der Waals surface area contributed by atoms with Gasteiger partial charge < -0.3 is 14.9 Å². The van der Waals surface area contributed by atoms with Crippen molar-refractivity contribution in [1.82, 2.24) is 9.13 Å². The van der Waals surface area contributed by atoms with E-state index in [1.54, 1.807) is 0 Å². The van der Waals surface area contributed by atoms with Crippen LogP contribution in [0.25, 0.3) is 10.2 Å². The van der Waals surface area contributed by atoms with Crippen LogP contribution in [0.5, 0.6) is 0 Å². The van der Waals surface area contributed by atoms with Crippen LogP contribution in [0.2, 0.25) is 0 Å². The molecule has 2 N–H and O–H groups in total. The van der Waals surface area contributed by atoms with Gasteiger partial charge >= 0.3 is 17.6 Å². The lowest BCUT2D eigenvalue weighted by Crippen LogP contribution is -2.41. The van der Waals surface area contributed by atoms with Crippen LogP contribution in [0.3, 0.4) is 0 Å². The van der Waals surface area contributed by atoms with Crippen molar-refractivity contribution >= 4 is 33.5 Å². The Morgan fingerprint density at radius 2 is 1.83 bits per heavy atom. The third-order valence-electron chi connectivity index (χ3n) is 4.38. The smallest absolute Gasteiger partial charge is 0.332 e. The molecule has 1 aromatic carbocycles. The van der Waals surface area contributed by atoms with Crippen LogP contribution < -0.4 is 11.2 Å². The summed E-state index contributed by atoms with van der Waals surface area (Å²) in [5.74, 6) is -1.81. The van der Waals surface area contributed by atoms with E-state index in [0.29, 0.717) is 11.3 Å². The number of carbonyl (C=O) groups excluding carboxylic acids is 1. The number of benzene rings is 1. The molecule has 2 heterocycles. The van der Waals surface area contributed by atoms with Gasteiger partial charge in [0.2, 0.25) is 0 Å². The van der Waals surface area contributed by atoms with Crippen LogP contribution in [0.15, 0.2) is 46.0 Å². The maximum absolute atomic E-state index is 12.9. The van der Waals surface area contributed by atoms with E-state index in [1.807, 2.05) is 30.3 Å². The van der Waals surface area contributed by atoms with Crippen molar-refractivity contribution in [3.05, 3.63) is 67.7 Å². The summed E-state index contributed by atoms with van der Waals surface area (Å²) < 4.78 is 6.89. The van der Waals surface area contributed by atoms with Gasteiger partial charge in [0.1, 0.15) is 18.0 Å². The molecule has 3 aromatic rings. The van der Waals surface area contributed by atoms with E-state index >= 15 is 0 Å². The standard InChI is InChI=1S/C20H20N2O7S/c23-8-9-29-17(26)11-14-10-15-18(27)21(7-6-13-4-2-1-3-5-13)20(28)22(12-16(24)25)19(15)30-14/h1-5,10,23H,6-9,11-12H2,(H,24,25). The minimum atomic E-state index is -1.22. The number of ether oxygens (including phenoxy) is 1. The van der Waals surface area contributed by atoms with Crippen LogP contribution in [0, 0.1) is 0 Å². The number of aromatic nitrogens is 2. The molecule has 30 heavy (non-hydrogen) atoms. The van der Waals surface area contributed by atoms with Gasteiger partial charge in [-0.3, -0.25) is 23.5 Å². The number of carboxylic acids is 1. The van der Waals surface area contributed by atoms with Gasteiger partial charge in [0.05, 0.1) is 18.4 Å². The zero-order valence-electron chi connectivity index (χ0n) is 15.9. The predicted octanol–water partition coefficient (Wildman–Crippen LogP) is 0.630. The molecule has 0 aliphatic carbocycles. The summed E-state index contributed by atoms with van der Waals surface area (Å²) in [6.45, 7) is -0.945. The minimum Gasteiger partial charge on any atom is -0.480 e. The van der Waals surface area contributed by atoms with Gasteiger partial charge in [-0.25, -0.2) is 4.79 Å². The summed E-state index contributed by atoms with van der Waals surface area (Å²) in [5.41, 5.74) is -0.299. The number of aryl methyl sites for hydroxylation is 1. The van der Waals surface area contributed by atoms with Gasteiger partial charge in [-0.2, -0.15) is 0 Å². The monoisotopic (exact) mass is 432 g/mol. The Labute approximate surface area is 174 Å². The van der Waals surface area contributed by atoms with Gasteiger partial charge in [0, 0.05) is 11.4 Å². The first-order valence-electron chi connectivity index (χ1n) is 9.19. The average Bonchev–Trinajstić information content (AvgIpc) is 3.14. The molecule has 0 spiro atoms. The number of nitrogens with zero attached hydrogens (tertiary/aromatic N) is 2. The zero-order valence-corrected chi connectivity index (χ0v) is 16.8. The molecular formula is C20H20N2O7S. The van der Waals surface area contributed by atoms with E-state index in [0.717, 1.165) is 26.0 Å². The van der Waals surface area contributed by atoms with E-state index in [4.69, 9.17) is 9.84 Å². The number of esters is 1. The molecule has 0 saturated carbocycles. The minimum absolute atomic E-state index is 0.0982. The van der Waals surface area contributed by atoms with Gasteiger partial charge in [-0.15, -0.1) is 11.3 Å². The fraction of sp³-hybridized carbons (Fsp3) is 0.300. The molecule has 0 radical (unpaired) electrons. The van der Waals surface area contributed by atoms with Crippen molar-refractivity contribution in [2.24, 2.45) is 0 Å². The third kappa shape index (κ3) is 4.84. The highest BCUT2D eigenvalue weighted by Crippen LogP contribution is 2.23. The summed E-state index contributed by atoms with van der Waals surface area (Å²) in [4.78, 5) is 49.6. The van der Waals surface area contributed by atoms with E-state index in [-0.39, 0.29) is 36.4 Å². The average molecular weight is 432 g/mol. The summed E-state index contributed by atoms with van der Waals surface area (Å²) in [6.07, 6.45) is 0.281. The Bertz CT molecular complexity index is 1180. The number of aliphatic carboxylic acids is 1.